The van der Waals surface area contributed by atoms with E-state index in [2.05, 4.69) is 17.9 Å². The smallest absolute Gasteiger partial charge is 0.326 e. The van der Waals surface area contributed by atoms with Gasteiger partial charge in [-0.3, -0.25) is 4.79 Å². The van der Waals surface area contributed by atoms with Gasteiger partial charge in [0.1, 0.15) is 6.04 Å². The Labute approximate surface area is 126 Å². The second-order valence-corrected chi connectivity index (χ2v) is 5.17. The van der Waals surface area contributed by atoms with Crippen LogP contribution in [0.5, 0.6) is 0 Å². The zero-order valence-corrected chi connectivity index (χ0v) is 12.3. The van der Waals surface area contributed by atoms with Crippen molar-refractivity contribution in [3.8, 4) is 0 Å². The molecule has 19 heavy (non-hydrogen) atoms. The molecule has 7 heteroatoms. The monoisotopic (exact) mass is 321 g/mol. The van der Waals surface area contributed by atoms with Gasteiger partial charge in [0.05, 0.1) is 6.42 Å². The first kappa shape index (κ1) is 16.1. The Bertz CT molecular complexity index is 482. The second-order valence-electron chi connectivity index (χ2n) is 3.88. The Kier molecular flexibility index (Phi) is 6.48. The summed E-state index contributed by atoms with van der Waals surface area (Å²) >= 11 is 15.6. The molecule has 0 spiro atoms. The van der Waals surface area contributed by atoms with Crippen LogP contribution in [0.4, 0.5) is 0 Å². The summed E-state index contributed by atoms with van der Waals surface area (Å²) in [4.78, 5) is 22.6. The number of carbonyl (C=O) groups is 2. The van der Waals surface area contributed by atoms with Crippen molar-refractivity contribution in [3.63, 3.8) is 0 Å². The van der Waals surface area contributed by atoms with Crippen LogP contribution in [0.1, 0.15) is 12.0 Å². The van der Waals surface area contributed by atoms with Crippen molar-refractivity contribution < 1.29 is 14.7 Å². The Hall–Kier alpha value is -0.910. The van der Waals surface area contributed by atoms with Gasteiger partial charge in [-0.05, 0) is 29.9 Å². The van der Waals surface area contributed by atoms with E-state index in [0.717, 1.165) is 0 Å². The second kappa shape index (κ2) is 7.62. The quantitative estimate of drug-likeness (QED) is 0.705. The molecule has 0 radical (unpaired) electrons. The van der Waals surface area contributed by atoms with E-state index in [1.54, 1.807) is 12.1 Å². The summed E-state index contributed by atoms with van der Waals surface area (Å²) in [5.74, 6) is -1.11. The number of aliphatic carboxylic acids is 1. The molecule has 2 N–H and O–H groups in total. The zero-order chi connectivity index (χ0) is 14.4. The minimum Gasteiger partial charge on any atom is -0.480 e. The number of benzene rings is 1. The van der Waals surface area contributed by atoms with Gasteiger partial charge in [0.2, 0.25) is 5.91 Å². The standard InChI is InChI=1S/C12H13Cl2NO3S/c13-8-2-1-7(9(14)6-8)5-11(16)15-10(3-4-19)12(17)18/h1-2,6,10,19H,3-5H2,(H,15,16)(H,17,18). The molecular formula is C12H13Cl2NO3S. The van der Waals surface area contributed by atoms with E-state index < -0.39 is 17.9 Å². The average molecular weight is 322 g/mol. The Morgan fingerprint density at radius 3 is 2.58 bits per heavy atom. The van der Waals surface area contributed by atoms with Gasteiger partial charge in [0.25, 0.3) is 0 Å². The van der Waals surface area contributed by atoms with Crippen LogP contribution in [0.25, 0.3) is 0 Å². The van der Waals surface area contributed by atoms with Crippen molar-refractivity contribution in [3.05, 3.63) is 33.8 Å². The first-order valence-electron chi connectivity index (χ1n) is 5.51. The fourth-order valence-electron chi connectivity index (χ4n) is 1.47. The first-order chi connectivity index (χ1) is 8.93. The third-order valence-corrected chi connectivity index (χ3v) is 3.26. The predicted molar refractivity (Wildman–Crippen MR) is 78.2 cm³/mol. The average Bonchev–Trinajstić information content (AvgIpc) is 2.32. The first-order valence-corrected chi connectivity index (χ1v) is 6.90. The van der Waals surface area contributed by atoms with Crippen LogP contribution in [0, 0.1) is 0 Å². The van der Waals surface area contributed by atoms with Crippen LogP contribution in [0.2, 0.25) is 10.0 Å². The molecule has 0 aliphatic carbocycles. The maximum absolute atomic E-state index is 11.7. The molecule has 1 aromatic carbocycles. The van der Waals surface area contributed by atoms with Gasteiger partial charge in [-0.1, -0.05) is 29.3 Å². The molecule has 0 heterocycles. The number of hydrogen-bond acceptors (Lipinski definition) is 3. The molecule has 0 saturated heterocycles. The van der Waals surface area contributed by atoms with Crippen molar-refractivity contribution >= 4 is 47.7 Å². The normalized spacial score (nSPS) is 11.9. The van der Waals surface area contributed by atoms with Crippen molar-refractivity contribution in [2.45, 2.75) is 18.9 Å². The summed E-state index contributed by atoms with van der Waals surface area (Å²) in [5, 5.41) is 12.2. The highest BCUT2D eigenvalue weighted by atomic mass is 35.5. The maximum Gasteiger partial charge on any atom is 0.326 e. The number of nitrogens with one attached hydrogen (secondary N) is 1. The largest absolute Gasteiger partial charge is 0.480 e. The molecule has 1 rings (SSSR count). The summed E-state index contributed by atoms with van der Waals surface area (Å²) in [6, 6.07) is 3.86. The van der Waals surface area contributed by atoms with E-state index in [1.165, 1.54) is 6.07 Å². The van der Waals surface area contributed by atoms with Crippen molar-refractivity contribution in [1.29, 1.82) is 0 Å². The van der Waals surface area contributed by atoms with Gasteiger partial charge in [-0.25, -0.2) is 4.79 Å². The van der Waals surface area contributed by atoms with Crippen LogP contribution in [-0.4, -0.2) is 28.8 Å². The maximum atomic E-state index is 11.7. The van der Waals surface area contributed by atoms with Crippen LogP contribution < -0.4 is 5.32 Å². The molecule has 0 aliphatic heterocycles. The molecule has 1 amide bonds. The highest BCUT2D eigenvalue weighted by Crippen LogP contribution is 2.21. The third-order valence-electron chi connectivity index (χ3n) is 2.42. The van der Waals surface area contributed by atoms with E-state index in [9.17, 15) is 9.59 Å². The number of hydrogen-bond donors (Lipinski definition) is 3. The molecule has 0 fully saturated rings. The SMILES string of the molecule is O=C(Cc1ccc(Cl)cc1Cl)NC(CCS)C(=O)O. The summed E-state index contributed by atoms with van der Waals surface area (Å²) < 4.78 is 0. The lowest BCUT2D eigenvalue weighted by molar-refractivity contribution is -0.141. The molecule has 1 unspecified atom stereocenters. The highest BCUT2D eigenvalue weighted by Gasteiger charge is 2.19. The van der Waals surface area contributed by atoms with Crippen molar-refractivity contribution in [2.75, 3.05) is 5.75 Å². The summed E-state index contributed by atoms with van der Waals surface area (Å²) in [5.41, 5.74) is 0.596. The van der Waals surface area contributed by atoms with Gasteiger partial charge in [-0.15, -0.1) is 0 Å². The lowest BCUT2D eigenvalue weighted by Crippen LogP contribution is -2.41. The van der Waals surface area contributed by atoms with E-state index >= 15 is 0 Å². The Morgan fingerprint density at radius 1 is 1.37 bits per heavy atom. The summed E-state index contributed by atoms with van der Waals surface area (Å²) in [7, 11) is 0. The van der Waals surface area contributed by atoms with Gasteiger partial charge in [-0.2, -0.15) is 12.6 Å². The predicted octanol–water partition coefficient (Wildman–Crippen LogP) is 2.43. The van der Waals surface area contributed by atoms with Crippen molar-refractivity contribution in [1.82, 2.24) is 5.32 Å². The van der Waals surface area contributed by atoms with E-state index in [4.69, 9.17) is 28.3 Å². The number of carboxylic acid groups (broad SMARTS) is 1. The number of rotatable bonds is 6. The minimum atomic E-state index is -1.08. The summed E-state index contributed by atoms with van der Waals surface area (Å²) in [6.07, 6.45) is 0.269. The van der Waals surface area contributed by atoms with Crippen LogP contribution >= 0.6 is 35.8 Å². The molecule has 1 aromatic rings. The summed E-state index contributed by atoms with van der Waals surface area (Å²) in [6.45, 7) is 0. The van der Waals surface area contributed by atoms with Crippen molar-refractivity contribution in [2.24, 2.45) is 0 Å². The molecule has 0 saturated carbocycles. The molecular weight excluding hydrogens is 309 g/mol. The van der Waals surface area contributed by atoms with E-state index in [1.807, 2.05) is 0 Å². The molecule has 0 aliphatic rings. The van der Waals surface area contributed by atoms with Gasteiger partial charge in [0, 0.05) is 10.0 Å². The molecule has 0 aromatic heterocycles. The third kappa shape index (κ3) is 5.30. The minimum absolute atomic E-state index is 0.00630. The van der Waals surface area contributed by atoms with Crippen LogP contribution in [0.15, 0.2) is 18.2 Å². The van der Waals surface area contributed by atoms with Gasteiger partial charge >= 0.3 is 5.97 Å². The van der Waals surface area contributed by atoms with E-state index in [-0.39, 0.29) is 12.8 Å². The lowest BCUT2D eigenvalue weighted by Gasteiger charge is -2.13. The van der Waals surface area contributed by atoms with E-state index in [0.29, 0.717) is 21.4 Å². The van der Waals surface area contributed by atoms with Gasteiger partial charge in [0.15, 0.2) is 0 Å². The molecule has 104 valence electrons. The number of carbonyl (C=O) groups excluding carboxylic acids is 1. The number of halogens is 2. The highest BCUT2D eigenvalue weighted by molar-refractivity contribution is 7.80. The fourth-order valence-corrected chi connectivity index (χ4v) is 2.20. The Morgan fingerprint density at radius 2 is 2.05 bits per heavy atom. The fraction of sp³-hybridized carbons (Fsp3) is 0.333. The van der Waals surface area contributed by atoms with Crippen LogP contribution in [-0.2, 0) is 16.0 Å². The zero-order valence-electron chi connectivity index (χ0n) is 9.90. The van der Waals surface area contributed by atoms with Crippen LogP contribution in [0.3, 0.4) is 0 Å². The molecule has 1 atom stereocenters. The van der Waals surface area contributed by atoms with Gasteiger partial charge < -0.3 is 10.4 Å². The lowest BCUT2D eigenvalue weighted by atomic mass is 10.1. The topological polar surface area (TPSA) is 66.4 Å². The Balaban J connectivity index is 2.66. The number of carboxylic acids is 1. The molecule has 0 bridgehead atoms. The number of thiol groups is 1. The number of amides is 1. The molecule has 4 nitrogen and oxygen atoms in total.